The zero-order valence-corrected chi connectivity index (χ0v) is 15.9. The molecule has 1 N–H and O–H groups in total. The Morgan fingerprint density at radius 2 is 1.62 bits per heavy atom. The van der Waals surface area contributed by atoms with Gasteiger partial charge in [-0.3, -0.25) is 9.59 Å². The average molecular weight is 341 g/mol. The van der Waals surface area contributed by atoms with Crippen LogP contribution in [0.25, 0.3) is 0 Å². The molecule has 0 aromatic rings. The van der Waals surface area contributed by atoms with E-state index in [4.69, 9.17) is 4.74 Å². The van der Waals surface area contributed by atoms with Crippen molar-refractivity contribution in [2.24, 2.45) is 23.7 Å². The number of unbranched alkanes of at least 4 members (excludes halogenated alkanes) is 1. The van der Waals surface area contributed by atoms with E-state index in [-0.39, 0.29) is 12.1 Å². The molecule has 4 heteroatoms. The number of hydrogen-bond acceptors (Lipinski definition) is 3. The molecule has 0 radical (unpaired) electrons. The van der Waals surface area contributed by atoms with E-state index in [0.717, 1.165) is 38.5 Å². The molecule has 1 saturated carbocycles. The molecule has 0 heterocycles. The normalized spacial score (nSPS) is 23.7. The fourth-order valence-corrected chi connectivity index (χ4v) is 3.57. The van der Waals surface area contributed by atoms with Gasteiger partial charge in [0.25, 0.3) is 0 Å². The molecule has 1 aliphatic carbocycles. The van der Waals surface area contributed by atoms with E-state index in [9.17, 15) is 14.7 Å². The molecule has 1 rings (SSSR count). The Kier molecular flexibility index (Phi) is 9.38. The van der Waals surface area contributed by atoms with Crippen molar-refractivity contribution in [2.75, 3.05) is 0 Å². The summed E-state index contributed by atoms with van der Waals surface area (Å²) in [6.45, 7) is 8.68. The highest BCUT2D eigenvalue weighted by Gasteiger charge is 2.38. The topological polar surface area (TPSA) is 63.6 Å². The Balaban J connectivity index is 2.60. The number of hydrogen-bond donors (Lipinski definition) is 1. The largest absolute Gasteiger partial charge is 0.481 e. The number of ether oxygens (including phenoxy) is 1. The van der Waals surface area contributed by atoms with Crippen molar-refractivity contribution in [1.82, 2.24) is 0 Å². The quantitative estimate of drug-likeness (QED) is 0.446. The Bertz CT molecular complexity index is 391. The van der Waals surface area contributed by atoms with Gasteiger partial charge in [-0.1, -0.05) is 59.8 Å². The predicted octanol–water partition coefficient (Wildman–Crippen LogP) is 5.05. The van der Waals surface area contributed by atoms with Gasteiger partial charge in [-0.25, -0.2) is 0 Å². The molecular weight excluding hydrogens is 304 g/mol. The summed E-state index contributed by atoms with van der Waals surface area (Å²) in [7, 11) is 0. The van der Waals surface area contributed by atoms with Crippen LogP contribution >= 0.6 is 0 Å². The predicted molar refractivity (Wildman–Crippen MR) is 95.7 cm³/mol. The van der Waals surface area contributed by atoms with Crippen molar-refractivity contribution in [3.05, 3.63) is 0 Å². The highest BCUT2D eigenvalue weighted by molar-refractivity contribution is 5.81. The molecule has 0 bridgehead atoms. The van der Waals surface area contributed by atoms with Gasteiger partial charge in [-0.05, 0) is 37.5 Å². The first-order valence-electron chi connectivity index (χ1n) is 9.80. The smallest absolute Gasteiger partial charge is 0.310 e. The van der Waals surface area contributed by atoms with Gasteiger partial charge in [-0.2, -0.15) is 0 Å². The molecule has 0 aliphatic heterocycles. The second-order valence-electron chi connectivity index (χ2n) is 7.87. The Morgan fingerprint density at radius 3 is 2.17 bits per heavy atom. The SMILES string of the molecule is CCC(C)C(CCCCC(C)C)OC(=O)C1CCCCC1C(=O)O. The summed E-state index contributed by atoms with van der Waals surface area (Å²) < 4.78 is 5.83. The van der Waals surface area contributed by atoms with E-state index in [1.807, 2.05) is 0 Å². The first-order valence-corrected chi connectivity index (χ1v) is 9.80. The summed E-state index contributed by atoms with van der Waals surface area (Å²) in [6.07, 6.45) is 8.25. The van der Waals surface area contributed by atoms with E-state index in [2.05, 4.69) is 27.7 Å². The zero-order chi connectivity index (χ0) is 18.1. The van der Waals surface area contributed by atoms with Crippen LogP contribution in [0.3, 0.4) is 0 Å². The molecule has 0 aromatic carbocycles. The van der Waals surface area contributed by atoms with Gasteiger partial charge in [0.15, 0.2) is 0 Å². The van der Waals surface area contributed by atoms with Gasteiger partial charge in [-0.15, -0.1) is 0 Å². The van der Waals surface area contributed by atoms with Crippen LogP contribution in [0.5, 0.6) is 0 Å². The highest BCUT2D eigenvalue weighted by Crippen LogP contribution is 2.32. The molecule has 4 nitrogen and oxygen atoms in total. The van der Waals surface area contributed by atoms with Gasteiger partial charge < -0.3 is 9.84 Å². The molecular formula is C20H36O4. The average Bonchev–Trinajstić information content (AvgIpc) is 2.56. The second-order valence-corrected chi connectivity index (χ2v) is 7.87. The summed E-state index contributed by atoms with van der Waals surface area (Å²) in [6, 6.07) is 0. The minimum atomic E-state index is -0.853. The van der Waals surface area contributed by atoms with Gasteiger partial charge in [0.2, 0.25) is 0 Å². The molecule has 140 valence electrons. The molecule has 1 fully saturated rings. The summed E-state index contributed by atoms with van der Waals surface area (Å²) in [5.41, 5.74) is 0. The Hall–Kier alpha value is -1.06. The highest BCUT2D eigenvalue weighted by atomic mass is 16.5. The van der Waals surface area contributed by atoms with Crippen molar-refractivity contribution in [1.29, 1.82) is 0 Å². The number of carbonyl (C=O) groups is 2. The van der Waals surface area contributed by atoms with E-state index >= 15 is 0 Å². The standard InChI is InChI=1S/C20H36O4/c1-5-15(4)18(13-9-6-10-14(2)3)24-20(23)17-12-8-7-11-16(17)19(21)22/h14-18H,5-13H2,1-4H3,(H,21,22). The monoisotopic (exact) mass is 340 g/mol. The van der Waals surface area contributed by atoms with E-state index < -0.39 is 17.8 Å². The van der Waals surface area contributed by atoms with Gasteiger partial charge in [0, 0.05) is 0 Å². The number of aliphatic carboxylic acids is 1. The van der Waals surface area contributed by atoms with Gasteiger partial charge in [0.05, 0.1) is 11.8 Å². The van der Waals surface area contributed by atoms with Crippen LogP contribution < -0.4 is 0 Å². The first kappa shape index (κ1) is 21.0. The minimum Gasteiger partial charge on any atom is -0.481 e. The summed E-state index contributed by atoms with van der Waals surface area (Å²) in [4.78, 5) is 24.0. The van der Waals surface area contributed by atoms with Crippen molar-refractivity contribution in [3.8, 4) is 0 Å². The van der Waals surface area contributed by atoms with Crippen molar-refractivity contribution < 1.29 is 19.4 Å². The second kappa shape index (κ2) is 10.7. The Morgan fingerprint density at radius 1 is 1.04 bits per heavy atom. The first-order chi connectivity index (χ1) is 11.4. The third-order valence-electron chi connectivity index (χ3n) is 5.45. The van der Waals surface area contributed by atoms with Crippen LogP contribution in [-0.4, -0.2) is 23.1 Å². The van der Waals surface area contributed by atoms with E-state index in [0.29, 0.717) is 24.7 Å². The van der Waals surface area contributed by atoms with Crippen molar-refractivity contribution in [2.45, 2.75) is 91.6 Å². The zero-order valence-electron chi connectivity index (χ0n) is 15.9. The molecule has 1 aliphatic rings. The molecule has 0 amide bonds. The third-order valence-corrected chi connectivity index (χ3v) is 5.45. The fourth-order valence-electron chi connectivity index (χ4n) is 3.57. The molecule has 4 unspecified atom stereocenters. The number of carbonyl (C=O) groups excluding carboxylic acids is 1. The fraction of sp³-hybridized carbons (Fsp3) is 0.900. The third kappa shape index (κ3) is 6.82. The molecule has 0 saturated heterocycles. The lowest BCUT2D eigenvalue weighted by atomic mass is 9.79. The summed E-state index contributed by atoms with van der Waals surface area (Å²) in [5, 5.41) is 9.36. The van der Waals surface area contributed by atoms with Crippen LogP contribution in [0, 0.1) is 23.7 Å². The van der Waals surface area contributed by atoms with Gasteiger partial charge in [0.1, 0.15) is 6.10 Å². The van der Waals surface area contributed by atoms with Crippen LogP contribution in [0.15, 0.2) is 0 Å². The maximum Gasteiger partial charge on any atom is 0.310 e. The molecule has 24 heavy (non-hydrogen) atoms. The van der Waals surface area contributed by atoms with Crippen LogP contribution in [0.1, 0.15) is 85.5 Å². The number of carboxylic acids is 1. The molecule has 0 aromatic heterocycles. The van der Waals surface area contributed by atoms with E-state index in [1.54, 1.807) is 0 Å². The van der Waals surface area contributed by atoms with Crippen molar-refractivity contribution in [3.63, 3.8) is 0 Å². The Labute approximate surface area is 147 Å². The number of esters is 1. The van der Waals surface area contributed by atoms with Gasteiger partial charge >= 0.3 is 11.9 Å². The number of rotatable bonds is 10. The lowest BCUT2D eigenvalue weighted by Gasteiger charge is -2.30. The maximum atomic E-state index is 12.6. The minimum absolute atomic E-state index is 0.0777. The maximum absolute atomic E-state index is 12.6. The summed E-state index contributed by atoms with van der Waals surface area (Å²) >= 11 is 0. The lowest BCUT2D eigenvalue weighted by Crippen LogP contribution is -2.37. The van der Waals surface area contributed by atoms with E-state index in [1.165, 1.54) is 6.42 Å². The number of carboxylic acid groups (broad SMARTS) is 1. The van der Waals surface area contributed by atoms with Crippen molar-refractivity contribution >= 4 is 11.9 Å². The lowest BCUT2D eigenvalue weighted by molar-refractivity contribution is -0.166. The molecule has 0 spiro atoms. The summed E-state index contributed by atoms with van der Waals surface area (Å²) in [5.74, 6) is -1.14. The van der Waals surface area contributed by atoms with Crippen LogP contribution in [0.2, 0.25) is 0 Å². The van der Waals surface area contributed by atoms with Crippen LogP contribution in [-0.2, 0) is 14.3 Å². The van der Waals surface area contributed by atoms with Crippen LogP contribution in [0.4, 0.5) is 0 Å². The molecule has 4 atom stereocenters.